The van der Waals surface area contributed by atoms with Crippen LogP contribution in [-0.2, 0) is 20.8 Å². The van der Waals surface area contributed by atoms with Crippen LogP contribution in [0.3, 0.4) is 0 Å². The van der Waals surface area contributed by atoms with Gasteiger partial charge in [-0.1, -0.05) is 19.1 Å². The highest BCUT2D eigenvalue weighted by Gasteiger charge is 2.36. The van der Waals surface area contributed by atoms with E-state index in [9.17, 15) is 4.79 Å². The van der Waals surface area contributed by atoms with Crippen LogP contribution >= 0.6 is 0 Å². The molecule has 0 aromatic heterocycles. The van der Waals surface area contributed by atoms with Crippen molar-refractivity contribution < 1.29 is 14.3 Å². The van der Waals surface area contributed by atoms with Gasteiger partial charge >= 0.3 is 5.97 Å². The predicted octanol–water partition coefficient (Wildman–Crippen LogP) is 1.56. The summed E-state index contributed by atoms with van der Waals surface area (Å²) in [6.45, 7) is 5.65. The molecule has 0 spiro atoms. The number of aliphatic imine (C=N–C) groups is 1. The molecular formula is C19H30N4O3. The van der Waals surface area contributed by atoms with Gasteiger partial charge < -0.3 is 25.0 Å². The molecule has 7 nitrogen and oxygen atoms in total. The molecule has 1 fully saturated rings. The second kappa shape index (κ2) is 10.0. The molecular weight excluding hydrogens is 332 g/mol. The summed E-state index contributed by atoms with van der Waals surface area (Å²) in [7, 11) is 4.90. The molecule has 2 N–H and O–H groups in total. The normalized spacial score (nSPS) is 20.2. The van der Waals surface area contributed by atoms with Gasteiger partial charge in [0.05, 0.1) is 19.6 Å². The Morgan fingerprint density at radius 3 is 2.62 bits per heavy atom. The van der Waals surface area contributed by atoms with Crippen molar-refractivity contribution in [1.29, 1.82) is 0 Å². The van der Waals surface area contributed by atoms with Crippen LogP contribution in [0, 0.1) is 11.8 Å². The Bertz CT molecular complexity index is 603. The predicted molar refractivity (Wildman–Crippen MR) is 103 cm³/mol. The van der Waals surface area contributed by atoms with Gasteiger partial charge in [0.2, 0.25) is 0 Å². The highest BCUT2D eigenvalue weighted by Crippen LogP contribution is 2.24. The summed E-state index contributed by atoms with van der Waals surface area (Å²) < 4.78 is 9.93. The summed E-state index contributed by atoms with van der Waals surface area (Å²) in [6, 6.07) is 8.28. The molecule has 0 saturated carbocycles. The van der Waals surface area contributed by atoms with E-state index in [2.05, 4.69) is 51.7 Å². The van der Waals surface area contributed by atoms with Crippen LogP contribution in [0.2, 0.25) is 0 Å². The number of anilines is 1. The number of carbonyl (C=O) groups is 1. The van der Waals surface area contributed by atoms with Gasteiger partial charge in [-0.2, -0.15) is 0 Å². The largest absolute Gasteiger partial charge is 0.469 e. The summed E-state index contributed by atoms with van der Waals surface area (Å²) in [5, 5.41) is 6.68. The lowest BCUT2D eigenvalue weighted by atomic mass is 9.99. The molecule has 1 heterocycles. The van der Waals surface area contributed by atoms with Crippen molar-refractivity contribution in [1.82, 2.24) is 10.2 Å². The molecule has 1 saturated heterocycles. The number of carbonyl (C=O) groups excluding carboxylic acids is 1. The number of rotatable bonds is 7. The molecule has 1 aromatic carbocycles. The molecule has 0 bridgehead atoms. The lowest BCUT2D eigenvalue weighted by Crippen LogP contribution is -2.40. The van der Waals surface area contributed by atoms with E-state index in [0.717, 1.165) is 24.7 Å². The van der Waals surface area contributed by atoms with Gasteiger partial charge in [0.1, 0.15) is 0 Å². The molecule has 1 aromatic rings. The van der Waals surface area contributed by atoms with Crippen molar-refractivity contribution in [2.75, 3.05) is 52.8 Å². The van der Waals surface area contributed by atoms with Gasteiger partial charge in [-0.3, -0.25) is 9.79 Å². The molecule has 2 unspecified atom stereocenters. The topological polar surface area (TPSA) is 75.2 Å². The fourth-order valence-corrected chi connectivity index (χ4v) is 3.15. The second-order valence-corrected chi connectivity index (χ2v) is 6.53. The maximum absolute atomic E-state index is 11.9. The average Bonchev–Trinajstić information content (AvgIpc) is 3.04. The van der Waals surface area contributed by atoms with Gasteiger partial charge in [0.15, 0.2) is 5.96 Å². The lowest BCUT2D eigenvalue weighted by molar-refractivity contribution is -0.145. The minimum Gasteiger partial charge on any atom is -0.469 e. The zero-order valence-electron chi connectivity index (χ0n) is 16.1. The fraction of sp³-hybridized carbons (Fsp3) is 0.579. The summed E-state index contributed by atoms with van der Waals surface area (Å²) in [6.07, 6.45) is 0. The van der Waals surface area contributed by atoms with Gasteiger partial charge in [0.25, 0.3) is 0 Å². The van der Waals surface area contributed by atoms with Crippen molar-refractivity contribution >= 4 is 17.6 Å². The number of hydrogen-bond donors (Lipinski definition) is 2. The van der Waals surface area contributed by atoms with E-state index < -0.39 is 0 Å². The molecule has 2 rings (SSSR count). The first-order valence-electron chi connectivity index (χ1n) is 8.94. The van der Waals surface area contributed by atoms with Crippen molar-refractivity contribution in [3.8, 4) is 0 Å². The van der Waals surface area contributed by atoms with Crippen LogP contribution < -0.4 is 10.6 Å². The molecule has 0 aliphatic carbocycles. The molecule has 144 valence electrons. The van der Waals surface area contributed by atoms with Crippen LogP contribution in [0.25, 0.3) is 0 Å². The molecule has 0 radical (unpaired) electrons. The number of hydrogen-bond acceptors (Lipinski definition) is 5. The number of guanidine groups is 1. The van der Waals surface area contributed by atoms with E-state index in [1.807, 2.05) is 0 Å². The van der Waals surface area contributed by atoms with Crippen LogP contribution in [0.15, 0.2) is 29.3 Å². The highest BCUT2D eigenvalue weighted by atomic mass is 16.5. The molecule has 26 heavy (non-hydrogen) atoms. The Hall–Kier alpha value is -2.28. The van der Waals surface area contributed by atoms with E-state index in [1.54, 1.807) is 14.2 Å². The Balaban J connectivity index is 1.86. The van der Waals surface area contributed by atoms with E-state index in [4.69, 9.17) is 9.47 Å². The molecule has 7 heteroatoms. The van der Waals surface area contributed by atoms with Crippen molar-refractivity contribution in [2.24, 2.45) is 16.8 Å². The molecule has 0 amide bonds. The third-order valence-electron chi connectivity index (χ3n) is 4.67. The first-order valence-corrected chi connectivity index (χ1v) is 8.94. The SMILES string of the molecule is CN=C(NCc1ccc(NCCOC)cc1)N1CC(C)C(C(=O)OC)C1. The Morgan fingerprint density at radius 1 is 1.27 bits per heavy atom. The minimum atomic E-state index is -0.146. The van der Waals surface area contributed by atoms with Gasteiger partial charge in [0, 0.05) is 46.0 Å². The third-order valence-corrected chi connectivity index (χ3v) is 4.67. The standard InChI is InChI=1S/C19H30N4O3/c1-14-12-23(13-17(14)18(24)26-4)19(20-2)22-11-15-5-7-16(8-6-15)21-9-10-25-3/h5-8,14,17,21H,9-13H2,1-4H3,(H,20,22). The molecule has 1 aliphatic rings. The van der Waals surface area contributed by atoms with Crippen LogP contribution in [0.5, 0.6) is 0 Å². The number of esters is 1. The van der Waals surface area contributed by atoms with Gasteiger partial charge in [-0.05, 0) is 23.6 Å². The lowest BCUT2D eigenvalue weighted by Gasteiger charge is -2.21. The van der Waals surface area contributed by atoms with E-state index >= 15 is 0 Å². The first kappa shape index (κ1) is 20.0. The summed E-state index contributed by atoms with van der Waals surface area (Å²) in [4.78, 5) is 18.3. The smallest absolute Gasteiger partial charge is 0.310 e. The Morgan fingerprint density at radius 2 is 2.00 bits per heavy atom. The Kier molecular flexibility index (Phi) is 7.72. The minimum absolute atomic E-state index is 0.101. The second-order valence-electron chi connectivity index (χ2n) is 6.53. The quantitative estimate of drug-likeness (QED) is 0.332. The van der Waals surface area contributed by atoms with Crippen LogP contribution in [0.1, 0.15) is 12.5 Å². The van der Waals surface area contributed by atoms with E-state index in [1.165, 1.54) is 12.7 Å². The van der Waals surface area contributed by atoms with Crippen molar-refractivity contribution in [2.45, 2.75) is 13.5 Å². The summed E-state index contributed by atoms with van der Waals surface area (Å²) in [5.41, 5.74) is 2.24. The zero-order chi connectivity index (χ0) is 18.9. The number of methoxy groups -OCH3 is 2. The zero-order valence-corrected chi connectivity index (χ0v) is 16.1. The number of nitrogens with one attached hydrogen (secondary N) is 2. The van der Waals surface area contributed by atoms with E-state index in [-0.39, 0.29) is 17.8 Å². The van der Waals surface area contributed by atoms with Gasteiger partial charge in [-0.15, -0.1) is 0 Å². The summed E-state index contributed by atoms with van der Waals surface area (Å²) >= 11 is 0. The number of ether oxygens (including phenoxy) is 2. The van der Waals surface area contributed by atoms with E-state index in [0.29, 0.717) is 19.7 Å². The maximum Gasteiger partial charge on any atom is 0.310 e. The first-order chi connectivity index (χ1) is 12.6. The number of nitrogens with zero attached hydrogens (tertiary/aromatic N) is 2. The molecule has 2 atom stereocenters. The van der Waals surface area contributed by atoms with Crippen LogP contribution in [0.4, 0.5) is 5.69 Å². The monoisotopic (exact) mass is 362 g/mol. The Labute approximate surface area is 155 Å². The van der Waals surface area contributed by atoms with Gasteiger partial charge in [-0.25, -0.2) is 0 Å². The van der Waals surface area contributed by atoms with Crippen LogP contribution in [-0.4, -0.2) is 64.3 Å². The number of likely N-dealkylation sites (tertiary alicyclic amines) is 1. The van der Waals surface area contributed by atoms with Crippen molar-refractivity contribution in [3.63, 3.8) is 0 Å². The number of benzene rings is 1. The maximum atomic E-state index is 11.9. The highest BCUT2D eigenvalue weighted by molar-refractivity contribution is 5.82. The molecule has 1 aliphatic heterocycles. The average molecular weight is 362 g/mol. The summed E-state index contributed by atoms with van der Waals surface area (Å²) in [5.74, 6) is 0.812. The fourth-order valence-electron chi connectivity index (χ4n) is 3.15. The third kappa shape index (κ3) is 5.36. The van der Waals surface area contributed by atoms with Crippen molar-refractivity contribution in [3.05, 3.63) is 29.8 Å².